The van der Waals surface area contributed by atoms with E-state index in [0.717, 1.165) is 16.4 Å². The molecule has 8 nitrogen and oxygen atoms in total. The van der Waals surface area contributed by atoms with Crippen molar-refractivity contribution in [1.29, 1.82) is 0 Å². The van der Waals surface area contributed by atoms with Crippen molar-refractivity contribution in [3.63, 3.8) is 0 Å². The average molecular weight is 483 g/mol. The Morgan fingerprint density at radius 2 is 1.91 bits per heavy atom. The number of hydrogen-bond acceptors (Lipinski definition) is 6. The summed E-state index contributed by atoms with van der Waals surface area (Å²) in [5.74, 6) is -0.757. The molecule has 3 aromatic rings. The third kappa shape index (κ3) is 5.28. The van der Waals surface area contributed by atoms with E-state index in [0.29, 0.717) is 22.7 Å². The summed E-state index contributed by atoms with van der Waals surface area (Å²) in [6.07, 6.45) is -4.38. The lowest BCUT2D eigenvalue weighted by molar-refractivity contribution is -0.274. The molecule has 2 heterocycles. The number of anilines is 1. The molecule has 0 spiro atoms. The Hall–Kier alpha value is -3.12. The van der Waals surface area contributed by atoms with Gasteiger partial charge in [0.15, 0.2) is 11.5 Å². The number of benzene rings is 2. The van der Waals surface area contributed by atoms with Gasteiger partial charge < -0.3 is 14.5 Å². The Kier molecular flexibility index (Phi) is 6.06. The Morgan fingerprint density at radius 1 is 1.18 bits per heavy atom. The molecule has 33 heavy (non-hydrogen) atoms. The Balaban J connectivity index is 1.39. The van der Waals surface area contributed by atoms with Crippen molar-refractivity contribution in [2.24, 2.45) is 5.92 Å². The second-order valence-electron chi connectivity index (χ2n) is 7.61. The minimum atomic E-state index is -4.93. The molecular weight excluding hydrogens is 463 g/mol. The maximum Gasteiger partial charge on any atom is 0.573 e. The van der Waals surface area contributed by atoms with Crippen LogP contribution in [0.2, 0.25) is 0 Å². The number of carbonyl (C=O) groups excluding carboxylic acids is 1. The Bertz CT molecular complexity index is 1280. The summed E-state index contributed by atoms with van der Waals surface area (Å²) < 4.78 is 73.5. The zero-order valence-electron chi connectivity index (χ0n) is 17.4. The van der Waals surface area contributed by atoms with Gasteiger partial charge in [-0.1, -0.05) is 6.07 Å². The molecule has 1 saturated heterocycles. The first kappa shape index (κ1) is 23.1. The van der Waals surface area contributed by atoms with E-state index in [4.69, 9.17) is 4.42 Å². The van der Waals surface area contributed by atoms with E-state index >= 15 is 0 Å². The summed E-state index contributed by atoms with van der Waals surface area (Å²) in [5.41, 5.74) is 1.77. The van der Waals surface area contributed by atoms with Gasteiger partial charge in [0.1, 0.15) is 11.3 Å². The summed E-state index contributed by atoms with van der Waals surface area (Å²) in [4.78, 5) is 16.6. The Morgan fingerprint density at radius 3 is 2.61 bits per heavy atom. The standard InChI is InChI=1S/C21H20F3N3O5S/c1-13-25-18-11-15(5-6-19(18)31-13)26-20(28)14-7-9-27(10-8-14)33(29,30)17-4-2-3-16(12-17)32-21(22,23)24/h2-6,11-12,14H,7-10H2,1H3,(H,26,28). The summed E-state index contributed by atoms with van der Waals surface area (Å²) >= 11 is 0. The van der Waals surface area contributed by atoms with Gasteiger partial charge in [0.05, 0.1) is 4.90 Å². The molecule has 0 radical (unpaired) electrons. The number of carbonyl (C=O) groups is 1. The van der Waals surface area contributed by atoms with Crippen LogP contribution in [-0.2, 0) is 14.8 Å². The number of oxazole rings is 1. The number of fused-ring (bicyclic) bond motifs is 1. The Labute approximate surface area is 187 Å². The van der Waals surface area contributed by atoms with Crippen LogP contribution in [0.5, 0.6) is 5.75 Å². The largest absolute Gasteiger partial charge is 0.573 e. The van der Waals surface area contributed by atoms with E-state index in [-0.39, 0.29) is 36.7 Å². The number of sulfonamides is 1. The minimum absolute atomic E-state index is 0.0618. The van der Waals surface area contributed by atoms with Crippen LogP contribution in [0, 0.1) is 12.8 Å². The lowest BCUT2D eigenvalue weighted by Crippen LogP contribution is -2.41. The number of amides is 1. The van der Waals surface area contributed by atoms with Crippen LogP contribution in [0.3, 0.4) is 0 Å². The van der Waals surface area contributed by atoms with Crippen molar-refractivity contribution in [2.75, 3.05) is 18.4 Å². The molecule has 0 unspecified atom stereocenters. The number of nitrogens with one attached hydrogen (secondary N) is 1. The average Bonchev–Trinajstić information content (AvgIpc) is 3.12. The SMILES string of the molecule is Cc1nc2cc(NC(=O)C3CCN(S(=O)(=O)c4cccc(OC(F)(F)F)c4)CC3)ccc2o1. The maximum absolute atomic E-state index is 12.9. The summed E-state index contributed by atoms with van der Waals surface area (Å²) in [6, 6.07) is 9.35. The number of aryl methyl sites for hydroxylation is 1. The molecule has 0 aliphatic carbocycles. The van der Waals surface area contributed by atoms with Gasteiger partial charge in [0, 0.05) is 37.7 Å². The second-order valence-corrected chi connectivity index (χ2v) is 9.54. The lowest BCUT2D eigenvalue weighted by Gasteiger charge is -2.30. The molecule has 4 rings (SSSR count). The van der Waals surface area contributed by atoms with Crippen LogP contribution in [0.4, 0.5) is 18.9 Å². The van der Waals surface area contributed by atoms with E-state index in [9.17, 15) is 26.4 Å². The van der Waals surface area contributed by atoms with Gasteiger partial charge in [-0.2, -0.15) is 4.31 Å². The number of aromatic nitrogens is 1. The highest BCUT2D eigenvalue weighted by molar-refractivity contribution is 7.89. The number of hydrogen-bond donors (Lipinski definition) is 1. The van der Waals surface area contributed by atoms with Crippen LogP contribution in [0.15, 0.2) is 51.8 Å². The predicted molar refractivity (Wildman–Crippen MR) is 112 cm³/mol. The van der Waals surface area contributed by atoms with Crippen molar-refractivity contribution in [1.82, 2.24) is 9.29 Å². The molecule has 1 aliphatic heterocycles. The van der Waals surface area contributed by atoms with E-state index in [1.54, 1.807) is 25.1 Å². The molecule has 12 heteroatoms. The van der Waals surface area contributed by atoms with Crippen LogP contribution in [0.25, 0.3) is 11.1 Å². The highest BCUT2D eigenvalue weighted by Crippen LogP contribution is 2.29. The number of ether oxygens (including phenoxy) is 1. The van der Waals surface area contributed by atoms with Crippen molar-refractivity contribution >= 4 is 32.7 Å². The second kappa shape index (κ2) is 8.67. The monoisotopic (exact) mass is 483 g/mol. The molecule has 0 bridgehead atoms. The van der Waals surface area contributed by atoms with Crippen LogP contribution in [-0.4, -0.2) is 43.1 Å². The van der Waals surface area contributed by atoms with Crippen LogP contribution in [0.1, 0.15) is 18.7 Å². The molecule has 1 N–H and O–H groups in total. The molecule has 1 amide bonds. The van der Waals surface area contributed by atoms with Gasteiger partial charge in [-0.05, 0) is 43.2 Å². The third-order valence-electron chi connectivity index (χ3n) is 5.26. The van der Waals surface area contributed by atoms with E-state index in [1.165, 1.54) is 12.1 Å². The van der Waals surface area contributed by atoms with Gasteiger partial charge in [0.2, 0.25) is 15.9 Å². The normalized spacial score (nSPS) is 16.1. The zero-order valence-corrected chi connectivity index (χ0v) is 18.2. The molecule has 176 valence electrons. The highest BCUT2D eigenvalue weighted by atomic mass is 32.2. The van der Waals surface area contributed by atoms with E-state index in [1.807, 2.05) is 0 Å². The minimum Gasteiger partial charge on any atom is -0.441 e. The van der Waals surface area contributed by atoms with Crippen molar-refractivity contribution in [2.45, 2.75) is 31.0 Å². The fourth-order valence-electron chi connectivity index (χ4n) is 3.70. The van der Waals surface area contributed by atoms with Gasteiger partial charge >= 0.3 is 6.36 Å². The number of rotatable bonds is 5. The highest BCUT2D eigenvalue weighted by Gasteiger charge is 2.34. The quantitative estimate of drug-likeness (QED) is 0.587. The topological polar surface area (TPSA) is 102 Å². The zero-order chi connectivity index (χ0) is 23.8. The number of nitrogens with zero attached hydrogens (tertiary/aromatic N) is 2. The van der Waals surface area contributed by atoms with Gasteiger partial charge in [-0.25, -0.2) is 13.4 Å². The van der Waals surface area contributed by atoms with Crippen molar-refractivity contribution in [3.05, 3.63) is 48.4 Å². The first-order chi connectivity index (χ1) is 15.5. The van der Waals surface area contributed by atoms with Crippen LogP contribution < -0.4 is 10.1 Å². The predicted octanol–water partition coefficient (Wildman–Crippen LogP) is 4.07. The summed E-state index contributed by atoms with van der Waals surface area (Å²) in [7, 11) is -4.03. The van der Waals surface area contributed by atoms with Gasteiger partial charge in [-0.15, -0.1) is 13.2 Å². The van der Waals surface area contributed by atoms with Crippen molar-refractivity contribution in [3.8, 4) is 5.75 Å². The third-order valence-corrected chi connectivity index (χ3v) is 7.16. The van der Waals surface area contributed by atoms with Crippen molar-refractivity contribution < 1.29 is 35.5 Å². The molecule has 1 fully saturated rings. The molecule has 1 aliphatic rings. The molecule has 0 atom stereocenters. The van der Waals surface area contributed by atoms with E-state index < -0.39 is 28.1 Å². The first-order valence-corrected chi connectivity index (χ1v) is 11.5. The molecular formula is C21H20F3N3O5S. The fraction of sp³-hybridized carbons (Fsp3) is 0.333. The number of alkyl halides is 3. The number of halogens is 3. The molecule has 2 aromatic carbocycles. The first-order valence-electron chi connectivity index (χ1n) is 10.1. The van der Waals surface area contributed by atoms with E-state index in [2.05, 4.69) is 15.0 Å². The van der Waals surface area contributed by atoms with Crippen LogP contribution >= 0.6 is 0 Å². The number of piperidine rings is 1. The smallest absolute Gasteiger partial charge is 0.441 e. The maximum atomic E-state index is 12.9. The summed E-state index contributed by atoms with van der Waals surface area (Å²) in [5, 5.41) is 2.82. The molecule has 1 aromatic heterocycles. The molecule has 0 saturated carbocycles. The fourth-order valence-corrected chi connectivity index (χ4v) is 5.21. The van der Waals surface area contributed by atoms with Gasteiger partial charge in [0.25, 0.3) is 0 Å². The summed E-state index contributed by atoms with van der Waals surface area (Å²) in [6.45, 7) is 1.85. The lowest BCUT2D eigenvalue weighted by atomic mass is 9.97. The van der Waals surface area contributed by atoms with Gasteiger partial charge in [-0.3, -0.25) is 4.79 Å².